The van der Waals surface area contributed by atoms with Gasteiger partial charge in [0.2, 0.25) is 0 Å². The summed E-state index contributed by atoms with van der Waals surface area (Å²) >= 11 is 0. The van der Waals surface area contributed by atoms with Crippen LogP contribution >= 0.6 is 0 Å². The summed E-state index contributed by atoms with van der Waals surface area (Å²) in [7, 11) is 0. The lowest BCUT2D eigenvalue weighted by Gasteiger charge is -2.30. The molecule has 0 aliphatic carbocycles. The molecular formula is C16H24N2O4. The van der Waals surface area contributed by atoms with Crippen LogP contribution < -0.4 is 10.6 Å². The molecule has 0 aliphatic rings. The van der Waals surface area contributed by atoms with Crippen LogP contribution in [0.25, 0.3) is 0 Å². The van der Waals surface area contributed by atoms with Crippen molar-refractivity contribution in [3.8, 4) is 0 Å². The minimum absolute atomic E-state index is 0.303. The third kappa shape index (κ3) is 4.65. The summed E-state index contributed by atoms with van der Waals surface area (Å²) in [6, 6.07) is 7.44. The van der Waals surface area contributed by atoms with Gasteiger partial charge in [0.1, 0.15) is 0 Å². The normalized spacial score (nSPS) is 11.7. The number of carboxylic acid groups (broad SMARTS) is 1. The van der Waals surface area contributed by atoms with E-state index in [1.54, 1.807) is 20.8 Å². The molecule has 0 heterocycles. The average Bonchev–Trinajstić information content (AvgIpc) is 2.37. The van der Waals surface area contributed by atoms with Crippen molar-refractivity contribution in [2.75, 3.05) is 6.61 Å². The van der Waals surface area contributed by atoms with E-state index < -0.39 is 23.3 Å². The second-order valence-corrected chi connectivity index (χ2v) is 6.11. The van der Waals surface area contributed by atoms with Crippen molar-refractivity contribution < 1.29 is 19.4 Å². The van der Waals surface area contributed by atoms with Crippen LogP contribution in [0.2, 0.25) is 0 Å². The molecule has 0 aromatic heterocycles. The van der Waals surface area contributed by atoms with Gasteiger partial charge in [0.25, 0.3) is 0 Å². The van der Waals surface area contributed by atoms with Crippen molar-refractivity contribution >= 4 is 12.2 Å². The molecule has 2 amide bonds. The Labute approximate surface area is 130 Å². The third-order valence-electron chi connectivity index (χ3n) is 3.42. The fourth-order valence-electron chi connectivity index (χ4n) is 2.13. The molecule has 6 nitrogen and oxygen atoms in total. The molecule has 22 heavy (non-hydrogen) atoms. The number of rotatable bonds is 5. The van der Waals surface area contributed by atoms with Crippen molar-refractivity contribution in [3.05, 3.63) is 35.4 Å². The van der Waals surface area contributed by atoms with Gasteiger partial charge in [-0.1, -0.05) is 24.3 Å². The zero-order chi connectivity index (χ0) is 17.0. The molecule has 3 N–H and O–H groups in total. The number of carbonyl (C=O) groups excluding carboxylic acids is 1. The van der Waals surface area contributed by atoms with E-state index in [0.717, 1.165) is 11.1 Å². The Kier molecular flexibility index (Phi) is 5.41. The fourth-order valence-corrected chi connectivity index (χ4v) is 2.13. The maximum atomic E-state index is 11.6. The molecule has 0 atom stereocenters. The maximum Gasteiger partial charge on any atom is 0.407 e. The molecular weight excluding hydrogens is 284 g/mol. The number of amides is 2. The Morgan fingerprint density at radius 1 is 1.09 bits per heavy atom. The minimum Gasteiger partial charge on any atom is -0.465 e. The topological polar surface area (TPSA) is 87.7 Å². The highest BCUT2D eigenvalue weighted by molar-refractivity contribution is 5.68. The van der Waals surface area contributed by atoms with E-state index in [-0.39, 0.29) is 0 Å². The summed E-state index contributed by atoms with van der Waals surface area (Å²) in [5.41, 5.74) is 0.299. The summed E-state index contributed by atoms with van der Waals surface area (Å²) in [6.07, 6.45) is -1.57. The van der Waals surface area contributed by atoms with Gasteiger partial charge in [0.15, 0.2) is 0 Å². The van der Waals surface area contributed by atoms with Crippen LogP contribution in [0.1, 0.15) is 45.7 Å². The molecule has 0 fully saturated rings. The second kappa shape index (κ2) is 6.68. The monoisotopic (exact) mass is 308 g/mol. The zero-order valence-electron chi connectivity index (χ0n) is 13.7. The van der Waals surface area contributed by atoms with Crippen molar-refractivity contribution in [1.82, 2.24) is 10.6 Å². The smallest absolute Gasteiger partial charge is 0.407 e. The van der Waals surface area contributed by atoms with Crippen molar-refractivity contribution in [3.63, 3.8) is 0 Å². The quantitative estimate of drug-likeness (QED) is 0.779. The molecule has 0 saturated carbocycles. The Morgan fingerprint density at radius 3 is 2.05 bits per heavy atom. The van der Waals surface area contributed by atoms with E-state index in [4.69, 9.17) is 9.84 Å². The van der Waals surface area contributed by atoms with Crippen LogP contribution in [0.4, 0.5) is 9.59 Å². The van der Waals surface area contributed by atoms with Crippen LogP contribution in [0.5, 0.6) is 0 Å². The number of alkyl carbamates (subject to hydrolysis) is 1. The van der Waals surface area contributed by atoms with Gasteiger partial charge in [0, 0.05) is 0 Å². The van der Waals surface area contributed by atoms with Gasteiger partial charge in [-0.15, -0.1) is 0 Å². The number of ether oxygens (including phenoxy) is 1. The standard InChI is InChI=1S/C16H24N2O4/c1-6-22-14(21)18-16(4,5)12-9-7-8-11(10-12)15(2,3)17-13(19)20/h7-10,17H,6H2,1-5H3,(H,18,21)(H,19,20). The Bertz CT molecular complexity index is 553. The Hall–Kier alpha value is -2.24. The molecule has 1 aromatic carbocycles. The van der Waals surface area contributed by atoms with Gasteiger partial charge in [-0.25, -0.2) is 9.59 Å². The van der Waals surface area contributed by atoms with Gasteiger partial charge >= 0.3 is 12.2 Å². The van der Waals surface area contributed by atoms with Crippen LogP contribution in [-0.2, 0) is 15.8 Å². The maximum absolute atomic E-state index is 11.6. The largest absolute Gasteiger partial charge is 0.465 e. The van der Waals surface area contributed by atoms with Crippen LogP contribution in [0.15, 0.2) is 24.3 Å². The lowest BCUT2D eigenvalue weighted by atomic mass is 9.87. The summed E-state index contributed by atoms with van der Waals surface area (Å²) in [4.78, 5) is 22.5. The molecule has 0 spiro atoms. The van der Waals surface area contributed by atoms with E-state index >= 15 is 0 Å². The number of benzene rings is 1. The van der Waals surface area contributed by atoms with Gasteiger partial charge in [-0.05, 0) is 45.7 Å². The number of carbonyl (C=O) groups is 2. The fraction of sp³-hybridized carbons (Fsp3) is 0.500. The molecule has 0 aliphatic heterocycles. The lowest BCUT2D eigenvalue weighted by Crippen LogP contribution is -2.42. The van der Waals surface area contributed by atoms with Gasteiger partial charge in [-0.2, -0.15) is 0 Å². The van der Waals surface area contributed by atoms with E-state index in [2.05, 4.69) is 10.6 Å². The molecule has 0 saturated heterocycles. The van der Waals surface area contributed by atoms with Gasteiger partial charge in [-0.3, -0.25) is 0 Å². The van der Waals surface area contributed by atoms with Crippen LogP contribution in [0.3, 0.4) is 0 Å². The first kappa shape index (κ1) is 17.8. The average molecular weight is 308 g/mol. The van der Waals surface area contributed by atoms with E-state index in [9.17, 15) is 9.59 Å². The van der Waals surface area contributed by atoms with Gasteiger partial charge < -0.3 is 20.5 Å². The van der Waals surface area contributed by atoms with Crippen molar-refractivity contribution in [2.24, 2.45) is 0 Å². The summed E-state index contributed by atoms with van der Waals surface area (Å²) in [5, 5.41) is 14.2. The highest BCUT2D eigenvalue weighted by atomic mass is 16.5. The van der Waals surface area contributed by atoms with E-state index in [1.807, 2.05) is 38.1 Å². The third-order valence-corrected chi connectivity index (χ3v) is 3.42. The predicted molar refractivity (Wildman–Crippen MR) is 83.8 cm³/mol. The summed E-state index contributed by atoms with van der Waals surface area (Å²) in [6.45, 7) is 9.34. The van der Waals surface area contributed by atoms with Gasteiger partial charge in [0.05, 0.1) is 17.7 Å². The first-order valence-corrected chi connectivity index (χ1v) is 7.15. The predicted octanol–water partition coefficient (Wildman–Crippen LogP) is 3.17. The van der Waals surface area contributed by atoms with E-state index in [1.165, 1.54) is 0 Å². The first-order chi connectivity index (χ1) is 10.1. The summed E-state index contributed by atoms with van der Waals surface area (Å²) < 4.78 is 4.91. The Morgan fingerprint density at radius 2 is 1.59 bits per heavy atom. The number of nitrogens with one attached hydrogen (secondary N) is 2. The van der Waals surface area contributed by atoms with E-state index in [0.29, 0.717) is 6.61 Å². The molecule has 0 unspecified atom stereocenters. The summed E-state index contributed by atoms with van der Waals surface area (Å²) in [5.74, 6) is 0. The molecule has 122 valence electrons. The SMILES string of the molecule is CCOC(=O)NC(C)(C)c1cccc(C(C)(C)NC(=O)O)c1. The molecule has 6 heteroatoms. The minimum atomic E-state index is -1.08. The van der Waals surface area contributed by atoms with Crippen LogP contribution in [0, 0.1) is 0 Å². The molecule has 0 bridgehead atoms. The number of hydrogen-bond donors (Lipinski definition) is 3. The van der Waals surface area contributed by atoms with Crippen molar-refractivity contribution in [1.29, 1.82) is 0 Å². The number of hydrogen-bond acceptors (Lipinski definition) is 3. The molecule has 1 aromatic rings. The first-order valence-electron chi connectivity index (χ1n) is 7.15. The zero-order valence-corrected chi connectivity index (χ0v) is 13.7. The van der Waals surface area contributed by atoms with Crippen molar-refractivity contribution in [2.45, 2.75) is 45.7 Å². The highest BCUT2D eigenvalue weighted by Gasteiger charge is 2.27. The Balaban J connectivity index is 3.05. The second-order valence-electron chi connectivity index (χ2n) is 6.11. The van der Waals surface area contributed by atoms with Crippen LogP contribution in [-0.4, -0.2) is 23.9 Å². The molecule has 0 radical (unpaired) electrons. The highest BCUT2D eigenvalue weighted by Crippen LogP contribution is 2.26. The molecule has 1 rings (SSSR count). The lowest BCUT2D eigenvalue weighted by molar-refractivity contribution is 0.141.